The Morgan fingerprint density at radius 1 is 0.158 bits per heavy atom. The second-order valence-corrected chi connectivity index (χ2v) is 29.5. The predicted octanol–water partition coefficient (Wildman–Crippen LogP) is 24.9. The molecule has 8 heterocycles. The maximum absolute atomic E-state index is 5.39. The van der Waals surface area contributed by atoms with Gasteiger partial charge in [0.2, 0.25) is 11.6 Å². The number of aromatic nitrogens is 12. The predicted molar refractivity (Wildman–Crippen MR) is 466 cm³/mol. The highest BCUT2D eigenvalue weighted by Gasteiger charge is 2.25. The molecule has 0 atom stereocenters. The molecule has 0 aliphatic rings. The molecule has 0 saturated carbocycles. The summed E-state index contributed by atoms with van der Waals surface area (Å²) in [5.74, 6) is 3.03. The number of para-hydroxylation sites is 9. The smallest absolute Gasteiger partial charge is 0.220 e. The third kappa shape index (κ3) is 9.84. The molecule has 0 radical (unpaired) electrons. The zero-order valence-electron chi connectivity index (χ0n) is 61.2. The van der Waals surface area contributed by atoms with Crippen molar-refractivity contribution in [1.82, 2.24) is 57.0 Å². The lowest BCUT2D eigenvalue weighted by molar-refractivity contribution is 1.11. The standard InChI is InChI=1S/C102H62N12/c1-4-20-63(21-5-1)65-36-38-67(39-37-65)98-78-26-10-11-27-83(78)103-99(108-98)68-40-47-73(48-41-68)109-87-55-46-70(58-80(87)82-62-76(52-57-89(82)109)112-93-33-17-19-35-95(93)114-91-31-15-13-29-85(91)106-102(112)114)72-44-53-77-81-61-75(111-92-32-16-18-34-94(92)113-90-30-14-12-28-84(90)105-101(111)113)51-56-88(81)110(96(77)60-72)74-49-42-69(43-50-74)100-104-86-59-71(64-22-6-2-7-23-64)45-54-79(86)97(107-100)66-24-8-3-9-25-66/h1-62H. The van der Waals surface area contributed by atoms with Gasteiger partial charge >= 0.3 is 0 Å². The van der Waals surface area contributed by atoms with Gasteiger partial charge in [0.05, 0.1) is 88.6 Å². The molecule has 0 N–H and O–H groups in total. The van der Waals surface area contributed by atoms with Gasteiger partial charge in [0, 0.05) is 77.3 Å². The van der Waals surface area contributed by atoms with Crippen LogP contribution in [0.5, 0.6) is 0 Å². The van der Waals surface area contributed by atoms with Gasteiger partial charge in [-0.1, -0.05) is 206 Å². The fourth-order valence-electron chi connectivity index (χ4n) is 17.7. The number of fused-ring (bicyclic) bond motifs is 18. The number of imidazole rings is 4. The molecular weight excluding hydrogens is 1390 g/mol. The zero-order chi connectivity index (χ0) is 74.6. The topological polar surface area (TPSA) is 106 Å². The Bertz CT molecular complexity index is 8070. The first-order chi connectivity index (χ1) is 56.5. The molecule has 530 valence electrons. The summed E-state index contributed by atoms with van der Waals surface area (Å²) in [6.45, 7) is 0. The number of rotatable bonds is 11. The van der Waals surface area contributed by atoms with E-state index in [-0.39, 0.29) is 0 Å². The van der Waals surface area contributed by atoms with Crippen molar-refractivity contribution in [1.29, 1.82) is 0 Å². The molecule has 12 heteroatoms. The third-order valence-corrected chi connectivity index (χ3v) is 23.0. The number of hydrogen-bond donors (Lipinski definition) is 0. The van der Waals surface area contributed by atoms with Crippen LogP contribution in [0, 0.1) is 0 Å². The van der Waals surface area contributed by atoms with Crippen LogP contribution in [0.1, 0.15) is 0 Å². The number of hydrogen-bond acceptors (Lipinski definition) is 6. The largest absolute Gasteiger partial charge is 0.309 e. The van der Waals surface area contributed by atoms with Crippen molar-refractivity contribution >= 4 is 121 Å². The number of nitrogens with zero attached hydrogens (tertiary/aromatic N) is 12. The number of benzene rings is 16. The van der Waals surface area contributed by atoms with Gasteiger partial charge in [-0.2, -0.15) is 0 Å². The van der Waals surface area contributed by atoms with Crippen LogP contribution in [0.3, 0.4) is 0 Å². The van der Waals surface area contributed by atoms with Crippen LogP contribution < -0.4 is 0 Å². The molecule has 0 unspecified atom stereocenters. The maximum Gasteiger partial charge on any atom is 0.220 e. The molecule has 0 bridgehead atoms. The maximum atomic E-state index is 5.39. The molecule has 12 nitrogen and oxygen atoms in total. The Labute approximate surface area is 651 Å². The monoisotopic (exact) mass is 1450 g/mol. The summed E-state index contributed by atoms with van der Waals surface area (Å²) in [4.78, 5) is 32.0. The molecule has 0 saturated heterocycles. The van der Waals surface area contributed by atoms with Crippen molar-refractivity contribution in [2.24, 2.45) is 0 Å². The van der Waals surface area contributed by atoms with E-state index in [2.05, 4.69) is 391 Å². The molecule has 0 aliphatic carbocycles. The second-order valence-electron chi connectivity index (χ2n) is 29.5. The van der Waals surface area contributed by atoms with Crippen LogP contribution in [0.25, 0.3) is 223 Å². The van der Waals surface area contributed by atoms with Crippen molar-refractivity contribution in [3.05, 3.63) is 376 Å². The molecule has 8 aromatic heterocycles. The van der Waals surface area contributed by atoms with Crippen LogP contribution in [0.4, 0.5) is 0 Å². The Hall–Kier alpha value is -15.7. The summed E-state index contributed by atoms with van der Waals surface area (Å²) in [7, 11) is 0. The van der Waals surface area contributed by atoms with E-state index in [1.54, 1.807) is 0 Å². The highest BCUT2D eigenvalue weighted by Crippen LogP contribution is 2.44. The van der Waals surface area contributed by atoms with Gasteiger partial charge in [0.25, 0.3) is 0 Å². The summed E-state index contributed by atoms with van der Waals surface area (Å²) < 4.78 is 14.0. The van der Waals surface area contributed by atoms with E-state index in [0.29, 0.717) is 11.6 Å². The van der Waals surface area contributed by atoms with Crippen LogP contribution >= 0.6 is 0 Å². The van der Waals surface area contributed by atoms with E-state index in [1.807, 2.05) is 12.1 Å². The minimum absolute atomic E-state index is 0.654. The third-order valence-electron chi connectivity index (χ3n) is 23.0. The highest BCUT2D eigenvalue weighted by molar-refractivity contribution is 6.14. The van der Waals surface area contributed by atoms with E-state index in [9.17, 15) is 0 Å². The van der Waals surface area contributed by atoms with Gasteiger partial charge in [-0.25, -0.2) is 29.9 Å². The minimum Gasteiger partial charge on any atom is -0.309 e. The molecular formula is C102H62N12. The van der Waals surface area contributed by atoms with E-state index >= 15 is 0 Å². The highest BCUT2D eigenvalue weighted by atomic mass is 15.2. The average Bonchev–Trinajstić information content (AvgIpc) is 1.56. The molecule has 0 amide bonds. The van der Waals surface area contributed by atoms with E-state index in [4.69, 9.17) is 29.9 Å². The van der Waals surface area contributed by atoms with E-state index < -0.39 is 0 Å². The molecule has 0 fully saturated rings. The van der Waals surface area contributed by atoms with Crippen molar-refractivity contribution in [3.63, 3.8) is 0 Å². The van der Waals surface area contributed by atoms with Crippen molar-refractivity contribution in [2.75, 3.05) is 0 Å². The molecule has 114 heavy (non-hydrogen) atoms. The van der Waals surface area contributed by atoms with Gasteiger partial charge in [-0.3, -0.25) is 17.9 Å². The first-order valence-corrected chi connectivity index (χ1v) is 38.5. The Balaban J connectivity index is 0.680. The van der Waals surface area contributed by atoms with Gasteiger partial charge in [-0.15, -0.1) is 0 Å². The van der Waals surface area contributed by atoms with Crippen molar-refractivity contribution in [3.8, 4) is 101 Å². The fourth-order valence-corrected chi connectivity index (χ4v) is 17.7. The van der Waals surface area contributed by atoms with Gasteiger partial charge in [0.1, 0.15) is 0 Å². The van der Waals surface area contributed by atoms with Crippen LogP contribution in [0.2, 0.25) is 0 Å². The van der Waals surface area contributed by atoms with Gasteiger partial charge in [0.15, 0.2) is 11.6 Å². The van der Waals surface area contributed by atoms with Crippen molar-refractivity contribution in [2.45, 2.75) is 0 Å². The molecule has 24 aromatic rings. The Morgan fingerprint density at radius 2 is 0.509 bits per heavy atom. The zero-order valence-corrected chi connectivity index (χ0v) is 61.2. The normalized spacial score (nSPS) is 12.0. The van der Waals surface area contributed by atoms with Gasteiger partial charge in [-0.05, 0) is 203 Å². The first-order valence-electron chi connectivity index (χ1n) is 38.5. The minimum atomic E-state index is 0.654. The Morgan fingerprint density at radius 3 is 1.07 bits per heavy atom. The quantitative estimate of drug-likeness (QED) is 0.128. The van der Waals surface area contributed by atoms with Gasteiger partial charge < -0.3 is 9.13 Å². The SMILES string of the molecule is c1ccc(-c2ccc(-c3nc(-c4ccc(-n5c6ccc(-c7ccc8c9cc(-n%10c%11ccccc%11n%11c%12ccccc%12nc%10%11)ccc9n(-c9ccc(-c%10nc(-c%11ccccc%11)c%11ccc(-c%12ccccc%12)cc%11n%10)cc9)c8c7)cc6c6cc(-n7c8ccccc8n8c9ccccc9nc78)ccc65)cc4)nc4ccccc34)cc2)cc1. The lowest BCUT2D eigenvalue weighted by atomic mass is 10.0. The molecule has 0 aliphatic heterocycles. The summed E-state index contributed by atoms with van der Waals surface area (Å²) in [6, 6.07) is 134. The van der Waals surface area contributed by atoms with E-state index in [0.717, 1.165) is 205 Å². The Kier molecular flexibility index (Phi) is 13.8. The average molecular weight is 1460 g/mol. The summed E-state index contributed by atoms with van der Waals surface area (Å²) in [6.07, 6.45) is 0. The fraction of sp³-hybridized carbons (Fsp3) is 0. The molecule has 24 rings (SSSR count). The van der Waals surface area contributed by atoms with E-state index in [1.165, 1.54) is 5.56 Å². The molecule has 16 aromatic carbocycles. The van der Waals surface area contributed by atoms with Crippen LogP contribution in [-0.4, -0.2) is 57.0 Å². The molecule has 0 spiro atoms. The summed E-state index contributed by atoms with van der Waals surface area (Å²) in [5, 5.41) is 6.44. The lowest BCUT2D eigenvalue weighted by Gasteiger charge is -2.13. The van der Waals surface area contributed by atoms with Crippen LogP contribution in [0.15, 0.2) is 376 Å². The first kappa shape index (κ1) is 63.3. The summed E-state index contributed by atoms with van der Waals surface area (Å²) in [5.41, 5.74) is 30.8. The van der Waals surface area contributed by atoms with Crippen LogP contribution in [-0.2, 0) is 0 Å². The lowest BCUT2D eigenvalue weighted by Crippen LogP contribution is -1.98. The second kappa shape index (κ2) is 24.9. The van der Waals surface area contributed by atoms with Crippen molar-refractivity contribution < 1.29 is 0 Å². The summed E-state index contributed by atoms with van der Waals surface area (Å²) >= 11 is 0.